The van der Waals surface area contributed by atoms with Crippen molar-refractivity contribution in [2.75, 3.05) is 19.9 Å². The number of rotatable bonds is 15. The van der Waals surface area contributed by atoms with E-state index in [1.807, 2.05) is 0 Å². The van der Waals surface area contributed by atoms with E-state index in [0.29, 0.717) is 30.3 Å². The van der Waals surface area contributed by atoms with E-state index in [1.54, 1.807) is 6.92 Å². The highest BCUT2D eigenvalue weighted by atomic mass is 19.1. The second-order valence-corrected chi connectivity index (χ2v) is 12.0. The van der Waals surface area contributed by atoms with E-state index in [0.717, 1.165) is 43.9 Å². The zero-order valence-electron chi connectivity index (χ0n) is 24.4. The molecule has 5 nitrogen and oxygen atoms in total. The van der Waals surface area contributed by atoms with E-state index in [1.165, 1.54) is 49.7 Å². The summed E-state index contributed by atoms with van der Waals surface area (Å²) in [6.07, 6.45) is 13.2. The molecule has 222 valence electrons. The van der Waals surface area contributed by atoms with Crippen molar-refractivity contribution in [1.29, 1.82) is 0 Å². The minimum Gasteiger partial charge on any atom is -0.462 e. The molecule has 3 rings (SSSR count). The molecule has 0 amide bonds. The SMILES string of the molecule is C=C(C)C(=O)OC(CCOC(=O)C(=C)CO)CC1CCC(C2CCC(c3ccc(CCCCF)cc3)CC2)CC1. The van der Waals surface area contributed by atoms with Gasteiger partial charge in [-0.15, -0.1) is 0 Å². The van der Waals surface area contributed by atoms with Gasteiger partial charge in [-0.3, -0.25) is 4.39 Å². The molecule has 6 heteroatoms. The number of unbranched alkanes of at least 4 members (excludes halogenated alkanes) is 1. The summed E-state index contributed by atoms with van der Waals surface area (Å²) in [5.74, 6) is 1.69. The number of carbonyl (C=O) groups excluding carboxylic acids is 2. The molecule has 1 aromatic carbocycles. The summed E-state index contributed by atoms with van der Waals surface area (Å²) in [7, 11) is 0. The van der Waals surface area contributed by atoms with Crippen LogP contribution in [0.15, 0.2) is 48.6 Å². The van der Waals surface area contributed by atoms with Gasteiger partial charge in [-0.1, -0.05) is 50.3 Å². The lowest BCUT2D eigenvalue weighted by molar-refractivity contribution is -0.147. The lowest BCUT2D eigenvalue weighted by Gasteiger charge is -2.38. The molecule has 0 aliphatic heterocycles. The van der Waals surface area contributed by atoms with Gasteiger partial charge in [0.2, 0.25) is 0 Å². The highest BCUT2D eigenvalue weighted by Crippen LogP contribution is 2.44. The Kier molecular flexibility index (Phi) is 13.4. The van der Waals surface area contributed by atoms with Gasteiger partial charge in [-0.25, -0.2) is 9.59 Å². The van der Waals surface area contributed by atoms with Crippen molar-refractivity contribution < 1.29 is 28.6 Å². The fourth-order valence-electron chi connectivity index (χ4n) is 6.50. The predicted octanol–water partition coefficient (Wildman–Crippen LogP) is 7.42. The summed E-state index contributed by atoms with van der Waals surface area (Å²) in [6.45, 7) is 8.27. The van der Waals surface area contributed by atoms with Gasteiger partial charge in [0.05, 0.1) is 25.5 Å². The summed E-state index contributed by atoms with van der Waals surface area (Å²) < 4.78 is 23.2. The first-order valence-electron chi connectivity index (χ1n) is 15.3. The zero-order valence-corrected chi connectivity index (χ0v) is 24.4. The van der Waals surface area contributed by atoms with Crippen molar-refractivity contribution in [2.45, 2.75) is 102 Å². The van der Waals surface area contributed by atoms with Crippen molar-refractivity contribution in [3.05, 3.63) is 59.7 Å². The molecule has 40 heavy (non-hydrogen) atoms. The first-order valence-corrected chi connectivity index (χ1v) is 15.3. The number of hydrogen-bond donors (Lipinski definition) is 1. The third-order valence-corrected chi connectivity index (χ3v) is 9.00. The summed E-state index contributed by atoms with van der Waals surface area (Å²) in [4.78, 5) is 24.0. The molecule has 0 saturated heterocycles. The molecule has 0 bridgehead atoms. The number of hydrogen-bond acceptors (Lipinski definition) is 5. The maximum Gasteiger partial charge on any atom is 0.335 e. The lowest BCUT2D eigenvalue weighted by atomic mass is 9.68. The molecule has 1 N–H and O–H groups in total. The van der Waals surface area contributed by atoms with Crippen molar-refractivity contribution >= 4 is 11.9 Å². The summed E-state index contributed by atoms with van der Waals surface area (Å²) in [5.41, 5.74) is 3.15. The van der Waals surface area contributed by atoms with Crippen LogP contribution in [0.3, 0.4) is 0 Å². The standard InChI is InChI=1S/C34H49FO5/c1-24(2)33(37)40-32(19-21-39-34(38)25(3)23-36)22-27-9-13-29(14-10-27)31-17-15-30(16-18-31)28-11-7-26(8-12-28)6-4-5-20-35/h7-8,11-12,27,29-32,36H,1,3-6,9-10,13-23H2,2H3. The van der Waals surface area contributed by atoms with Crippen molar-refractivity contribution in [2.24, 2.45) is 17.8 Å². The van der Waals surface area contributed by atoms with E-state index in [9.17, 15) is 14.0 Å². The fourth-order valence-corrected chi connectivity index (χ4v) is 6.50. The summed E-state index contributed by atoms with van der Waals surface area (Å²) >= 11 is 0. The second-order valence-electron chi connectivity index (χ2n) is 12.0. The molecule has 0 radical (unpaired) electrons. The van der Waals surface area contributed by atoms with Crippen LogP contribution in [0.25, 0.3) is 0 Å². The molecule has 0 aromatic heterocycles. The number of aliphatic hydroxyl groups is 1. The molecule has 2 saturated carbocycles. The topological polar surface area (TPSA) is 72.8 Å². The molecule has 2 aliphatic carbocycles. The number of carbonyl (C=O) groups is 2. The lowest BCUT2D eigenvalue weighted by Crippen LogP contribution is -2.29. The Bertz CT molecular complexity index is 955. The van der Waals surface area contributed by atoms with Gasteiger partial charge in [0.1, 0.15) is 6.10 Å². The van der Waals surface area contributed by atoms with E-state index < -0.39 is 18.5 Å². The van der Waals surface area contributed by atoms with Gasteiger partial charge in [0.15, 0.2) is 0 Å². The molecule has 1 unspecified atom stereocenters. The average Bonchev–Trinajstić information content (AvgIpc) is 2.97. The summed E-state index contributed by atoms with van der Waals surface area (Å²) in [6, 6.07) is 9.05. The monoisotopic (exact) mass is 556 g/mol. The van der Waals surface area contributed by atoms with Gasteiger partial charge in [0, 0.05) is 12.0 Å². The predicted molar refractivity (Wildman–Crippen MR) is 157 cm³/mol. The highest BCUT2D eigenvalue weighted by molar-refractivity contribution is 5.88. The maximum absolute atomic E-state index is 12.4. The first-order chi connectivity index (χ1) is 19.3. The quantitative estimate of drug-likeness (QED) is 0.138. The van der Waals surface area contributed by atoms with Crippen LogP contribution in [-0.2, 0) is 25.5 Å². The normalized spacial score (nSPS) is 23.7. The Morgan fingerprint density at radius 3 is 2.15 bits per heavy atom. The number of alkyl halides is 1. The van der Waals surface area contributed by atoms with Crippen LogP contribution in [0, 0.1) is 17.8 Å². The number of halogens is 1. The first kappa shape index (κ1) is 32.0. The third-order valence-electron chi connectivity index (χ3n) is 9.00. The minimum absolute atomic E-state index is 0.0160. The van der Waals surface area contributed by atoms with Crippen molar-refractivity contribution in [1.82, 2.24) is 0 Å². The number of aliphatic hydroxyl groups excluding tert-OH is 1. The van der Waals surface area contributed by atoms with Gasteiger partial charge in [-0.05, 0) is 106 Å². The second kappa shape index (κ2) is 16.7. The summed E-state index contributed by atoms with van der Waals surface area (Å²) in [5, 5.41) is 9.04. The van der Waals surface area contributed by atoms with Crippen LogP contribution < -0.4 is 0 Å². The smallest absolute Gasteiger partial charge is 0.335 e. The number of esters is 2. The average molecular weight is 557 g/mol. The van der Waals surface area contributed by atoms with Crippen LogP contribution in [-0.4, -0.2) is 43.0 Å². The maximum atomic E-state index is 12.4. The van der Waals surface area contributed by atoms with Gasteiger partial charge < -0.3 is 14.6 Å². The zero-order chi connectivity index (χ0) is 28.9. The van der Waals surface area contributed by atoms with Crippen LogP contribution in [0.2, 0.25) is 0 Å². The van der Waals surface area contributed by atoms with Crippen LogP contribution >= 0.6 is 0 Å². The number of aryl methyl sites for hydroxylation is 1. The molecule has 1 aromatic rings. The van der Waals surface area contributed by atoms with Crippen LogP contribution in [0.4, 0.5) is 4.39 Å². The molecule has 0 heterocycles. The van der Waals surface area contributed by atoms with Crippen LogP contribution in [0.1, 0.15) is 101 Å². The Morgan fingerprint density at radius 2 is 1.57 bits per heavy atom. The highest BCUT2D eigenvalue weighted by Gasteiger charge is 2.32. The molecule has 1 atom stereocenters. The number of ether oxygens (including phenoxy) is 2. The Morgan fingerprint density at radius 1 is 0.950 bits per heavy atom. The Labute approximate surface area is 240 Å². The van der Waals surface area contributed by atoms with E-state index in [2.05, 4.69) is 37.4 Å². The number of benzene rings is 1. The molecule has 0 spiro atoms. The molecular weight excluding hydrogens is 507 g/mol. The Balaban J connectivity index is 1.42. The minimum atomic E-state index is -0.620. The van der Waals surface area contributed by atoms with Crippen molar-refractivity contribution in [3.8, 4) is 0 Å². The van der Waals surface area contributed by atoms with Gasteiger partial charge in [-0.2, -0.15) is 0 Å². The molecule has 2 aliphatic rings. The van der Waals surface area contributed by atoms with E-state index in [4.69, 9.17) is 14.6 Å². The third kappa shape index (κ3) is 10.2. The van der Waals surface area contributed by atoms with Gasteiger partial charge in [0.25, 0.3) is 0 Å². The molecular formula is C34H49FO5. The molecule has 2 fully saturated rings. The van der Waals surface area contributed by atoms with E-state index >= 15 is 0 Å². The fraction of sp³-hybridized carbons (Fsp3) is 0.647. The van der Waals surface area contributed by atoms with Crippen LogP contribution in [0.5, 0.6) is 0 Å². The Hall–Kier alpha value is -2.47. The van der Waals surface area contributed by atoms with Gasteiger partial charge >= 0.3 is 11.9 Å². The van der Waals surface area contributed by atoms with Crippen molar-refractivity contribution in [3.63, 3.8) is 0 Å². The largest absolute Gasteiger partial charge is 0.462 e. The van der Waals surface area contributed by atoms with E-state index in [-0.39, 0.29) is 25.0 Å².